The number of nitrogens with zero attached hydrogens (tertiary/aromatic N) is 1. The minimum absolute atomic E-state index is 0.0267. The van der Waals surface area contributed by atoms with Gasteiger partial charge in [-0.1, -0.05) is 49.4 Å². The molecule has 43 heavy (non-hydrogen) atoms. The third-order valence-corrected chi connectivity index (χ3v) is 8.89. The van der Waals surface area contributed by atoms with Gasteiger partial charge in [-0.05, 0) is 90.6 Å². The fraction of sp³-hybridized carbons (Fsp3) is 0.314. The average Bonchev–Trinajstić information content (AvgIpc) is 3.26. The van der Waals surface area contributed by atoms with E-state index in [-0.39, 0.29) is 30.8 Å². The number of hydrogen-bond donors (Lipinski definition) is 2. The van der Waals surface area contributed by atoms with E-state index < -0.39 is 23.8 Å². The Morgan fingerprint density at radius 1 is 0.837 bits per heavy atom. The number of rotatable bonds is 7. The first-order valence-corrected chi connectivity index (χ1v) is 14.9. The highest BCUT2D eigenvalue weighted by atomic mass is 16.5. The van der Waals surface area contributed by atoms with Crippen molar-refractivity contribution in [2.75, 3.05) is 12.4 Å². The summed E-state index contributed by atoms with van der Waals surface area (Å²) in [6, 6.07) is 20.8. The Labute approximate surface area is 251 Å². The lowest BCUT2D eigenvalue weighted by molar-refractivity contribution is -0.136. The van der Waals surface area contributed by atoms with Crippen LogP contribution in [0.3, 0.4) is 0 Å². The Morgan fingerprint density at radius 2 is 1.51 bits per heavy atom. The first-order valence-electron chi connectivity index (χ1n) is 14.9. The Balaban J connectivity index is 1.12. The minimum atomic E-state index is -0.966. The van der Waals surface area contributed by atoms with Crippen LogP contribution in [0.25, 0.3) is 12.2 Å². The second-order valence-corrected chi connectivity index (χ2v) is 11.7. The summed E-state index contributed by atoms with van der Waals surface area (Å²) in [5.74, 6) is -0.582. The van der Waals surface area contributed by atoms with E-state index in [2.05, 4.69) is 41.8 Å². The maximum Gasteiger partial charge on any atom is 0.262 e. The first kappa shape index (κ1) is 28.4. The quantitative estimate of drug-likeness (QED) is 0.278. The van der Waals surface area contributed by atoms with E-state index in [9.17, 15) is 19.2 Å². The van der Waals surface area contributed by atoms with E-state index in [0.29, 0.717) is 17.0 Å². The zero-order chi connectivity index (χ0) is 30.1. The van der Waals surface area contributed by atoms with Crippen LogP contribution in [0.15, 0.2) is 66.7 Å². The molecule has 2 N–H and O–H groups in total. The van der Waals surface area contributed by atoms with Gasteiger partial charge in [-0.15, -0.1) is 0 Å². The lowest BCUT2D eigenvalue weighted by Crippen LogP contribution is -2.54. The molecule has 1 saturated heterocycles. The van der Waals surface area contributed by atoms with Gasteiger partial charge in [0.25, 0.3) is 11.8 Å². The smallest absolute Gasteiger partial charge is 0.262 e. The molecule has 6 rings (SSSR count). The maximum atomic E-state index is 13.3. The third kappa shape index (κ3) is 5.82. The summed E-state index contributed by atoms with van der Waals surface area (Å²) in [5, 5.41) is 5.37. The molecule has 220 valence electrons. The van der Waals surface area contributed by atoms with E-state index in [1.165, 1.54) is 0 Å². The second kappa shape index (κ2) is 11.9. The predicted molar refractivity (Wildman–Crippen MR) is 165 cm³/mol. The molecule has 2 fully saturated rings. The number of hydrogen-bond acceptors (Lipinski definition) is 6. The summed E-state index contributed by atoms with van der Waals surface area (Å²) in [7, 11) is 1.90. The van der Waals surface area contributed by atoms with Crippen molar-refractivity contribution in [3.05, 3.63) is 94.5 Å². The summed E-state index contributed by atoms with van der Waals surface area (Å²) in [6.45, 7) is 2.21. The lowest BCUT2D eigenvalue weighted by atomic mass is 9.75. The number of carbonyl (C=O) groups excluding carboxylic acids is 4. The molecule has 3 aromatic carbocycles. The van der Waals surface area contributed by atoms with E-state index in [0.717, 1.165) is 52.3 Å². The number of benzene rings is 3. The topological polar surface area (TPSA) is 105 Å². The fourth-order valence-corrected chi connectivity index (χ4v) is 6.38. The number of anilines is 1. The Kier molecular flexibility index (Phi) is 7.84. The van der Waals surface area contributed by atoms with Crippen LogP contribution in [0, 0.1) is 5.92 Å². The summed E-state index contributed by atoms with van der Waals surface area (Å²) in [5.41, 5.74) is 4.91. The van der Waals surface area contributed by atoms with Crippen LogP contribution in [-0.4, -0.2) is 47.7 Å². The van der Waals surface area contributed by atoms with Gasteiger partial charge < -0.3 is 10.1 Å². The number of piperidine rings is 1. The van der Waals surface area contributed by atoms with Gasteiger partial charge in [-0.3, -0.25) is 29.4 Å². The molecule has 2 heterocycles. The standard InChI is InChI=1S/C35H35N3O5/c1-21-3-13-27(43-26-14-8-23(9-15-26)5-4-22-6-11-25(36-2)12-7-22)20-29(21)24-10-16-28-30(19-24)35(42)38(34(28)41)31-17-18-32(39)37-33(31)40/h4-12,14-16,19,21,27,29,31,36H,3,13,17-18,20H2,1-2H3,(H,37,39,40)/b5-4+. The van der Waals surface area contributed by atoms with Crippen LogP contribution in [-0.2, 0) is 9.59 Å². The SMILES string of the molecule is CNc1ccc(/C=C/c2ccc(OC3CCC(C)C(c4ccc5c(c4)C(=O)N(C4CCC(=O)NC4=O)C5=O)C3)cc2)cc1. The predicted octanol–water partition coefficient (Wildman–Crippen LogP) is 5.65. The van der Waals surface area contributed by atoms with E-state index in [1.54, 1.807) is 6.07 Å². The molecule has 4 amide bonds. The van der Waals surface area contributed by atoms with Gasteiger partial charge in [0.2, 0.25) is 11.8 Å². The molecule has 0 spiro atoms. The molecule has 1 aliphatic carbocycles. The van der Waals surface area contributed by atoms with Crippen LogP contribution < -0.4 is 15.4 Å². The molecule has 0 bridgehead atoms. The van der Waals surface area contributed by atoms with Crippen LogP contribution in [0.5, 0.6) is 5.75 Å². The van der Waals surface area contributed by atoms with Crippen molar-refractivity contribution in [1.29, 1.82) is 0 Å². The molecular weight excluding hydrogens is 542 g/mol. The van der Waals surface area contributed by atoms with Crippen LogP contribution in [0.2, 0.25) is 0 Å². The molecule has 4 unspecified atom stereocenters. The molecule has 1 saturated carbocycles. The van der Waals surface area contributed by atoms with Crippen molar-refractivity contribution >= 4 is 41.5 Å². The maximum absolute atomic E-state index is 13.3. The van der Waals surface area contributed by atoms with Crippen LogP contribution >= 0.6 is 0 Å². The zero-order valence-electron chi connectivity index (χ0n) is 24.3. The monoisotopic (exact) mass is 577 g/mol. The van der Waals surface area contributed by atoms with E-state index >= 15 is 0 Å². The summed E-state index contributed by atoms with van der Waals surface area (Å²) >= 11 is 0. The Hall–Kier alpha value is -4.72. The molecule has 3 aliphatic rings. The number of nitrogens with one attached hydrogen (secondary N) is 2. The average molecular weight is 578 g/mol. The third-order valence-electron chi connectivity index (χ3n) is 8.89. The number of imide groups is 2. The highest BCUT2D eigenvalue weighted by Gasteiger charge is 2.45. The van der Waals surface area contributed by atoms with E-state index in [1.807, 2.05) is 55.6 Å². The van der Waals surface area contributed by atoms with Gasteiger partial charge in [-0.2, -0.15) is 0 Å². The van der Waals surface area contributed by atoms with Crippen LogP contribution in [0.4, 0.5) is 5.69 Å². The van der Waals surface area contributed by atoms with Crippen molar-refractivity contribution in [2.45, 2.75) is 57.1 Å². The molecule has 0 radical (unpaired) electrons. The highest BCUT2D eigenvalue weighted by Crippen LogP contribution is 2.41. The van der Waals surface area contributed by atoms with Crippen molar-refractivity contribution in [3.8, 4) is 5.75 Å². The number of amides is 4. The number of fused-ring (bicyclic) bond motifs is 1. The molecule has 3 aromatic rings. The number of carbonyl (C=O) groups is 4. The second-order valence-electron chi connectivity index (χ2n) is 11.7. The van der Waals surface area contributed by atoms with Gasteiger partial charge in [0.05, 0.1) is 17.2 Å². The van der Waals surface area contributed by atoms with Gasteiger partial charge >= 0.3 is 0 Å². The molecule has 8 heteroatoms. The van der Waals surface area contributed by atoms with Gasteiger partial charge in [0.15, 0.2) is 0 Å². The number of ether oxygens (including phenoxy) is 1. The molecule has 8 nitrogen and oxygen atoms in total. The van der Waals surface area contributed by atoms with Crippen LogP contribution in [0.1, 0.15) is 82.4 Å². The van der Waals surface area contributed by atoms with Gasteiger partial charge in [0.1, 0.15) is 11.8 Å². The molecule has 0 aromatic heterocycles. The first-order chi connectivity index (χ1) is 20.8. The summed E-state index contributed by atoms with van der Waals surface area (Å²) in [6.07, 6.45) is 7.15. The Bertz CT molecular complexity index is 1590. The van der Waals surface area contributed by atoms with Crippen molar-refractivity contribution in [2.24, 2.45) is 5.92 Å². The van der Waals surface area contributed by atoms with Crippen molar-refractivity contribution in [1.82, 2.24) is 10.2 Å². The highest BCUT2D eigenvalue weighted by molar-refractivity contribution is 6.23. The fourth-order valence-electron chi connectivity index (χ4n) is 6.38. The Morgan fingerprint density at radius 3 is 2.19 bits per heavy atom. The normalized spacial score (nSPS) is 23.8. The zero-order valence-corrected chi connectivity index (χ0v) is 24.3. The molecule has 4 atom stereocenters. The van der Waals surface area contributed by atoms with Gasteiger partial charge in [0, 0.05) is 19.2 Å². The van der Waals surface area contributed by atoms with Crippen molar-refractivity contribution < 1.29 is 23.9 Å². The largest absolute Gasteiger partial charge is 0.490 e. The van der Waals surface area contributed by atoms with E-state index in [4.69, 9.17) is 4.74 Å². The minimum Gasteiger partial charge on any atom is -0.490 e. The molecule has 2 aliphatic heterocycles. The molecular formula is C35H35N3O5. The summed E-state index contributed by atoms with van der Waals surface area (Å²) in [4.78, 5) is 51.5. The van der Waals surface area contributed by atoms with Gasteiger partial charge in [-0.25, -0.2) is 0 Å². The lowest BCUT2D eigenvalue weighted by Gasteiger charge is -2.35. The summed E-state index contributed by atoms with van der Waals surface area (Å²) < 4.78 is 6.41. The van der Waals surface area contributed by atoms with Crippen molar-refractivity contribution in [3.63, 3.8) is 0 Å².